The van der Waals surface area contributed by atoms with Crippen LogP contribution in [0.25, 0.3) is 6.08 Å². The van der Waals surface area contributed by atoms with Crippen LogP contribution in [0.5, 0.6) is 5.75 Å². The normalized spacial score (nSPS) is 10.6. The monoisotopic (exact) mass is 291 g/mol. The molecular formula is C10H7Cl2NO5. The van der Waals surface area contributed by atoms with Crippen molar-refractivity contribution in [2.75, 3.05) is 6.61 Å². The molecule has 0 heterocycles. The fourth-order valence-electron chi connectivity index (χ4n) is 1.07. The summed E-state index contributed by atoms with van der Waals surface area (Å²) >= 11 is 11.7. The Kier molecular flexibility index (Phi) is 4.94. The molecule has 0 saturated heterocycles. The van der Waals surface area contributed by atoms with Crippen LogP contribution in [0.3, 0.4) is 0 Å². The summed E-state index contributed by atoms with van der Waals surface area (Å²) in [5, 5.41) is 18.7. The minimum Gasteiger partial charge on any atom is -0.480 e. The SMILES string of the molecule is O=C(O)COc1ccc(C=C[N+](=O)[O-])c(Cl)c1Cl. The molecule has 1 N–H and O–H groups in total. The quantitative estimate of drug-likeness (QED) is 0.665. The van der Waals surface area contributed by atoms with Gasteiger partial charge in [0.1, 0.15) is 10.8 Å². The Morgan fingerprint density at radius 1 is 1.44 bits per heavy atom. The van der Waals surface area contributed by atoms with E-state index in [2.05, 4.69) is 0 Å². The fraction of sp³-hybridized carbons (Fsp3) is 0.100. The number of ether oxygens (including phenoxy) is 1. The average molecular weight is 292 g/mol. The number of halogens is 2. The predicted octanol–water partition coefficient (Wildman–Crippen LogP) is 2.70. The molecule has 0 bridgehead atoms. The lowest BCUT2D eigenvalue weighted by Gasteiger charge is -2.08. The van der Waals surface area contributed by atoms with Crippen molar-refractivity contribution in [1.82, 2.24) is 0 Å². The minimum absolute atomic E-state index is 0.00316. The van der Waals surface area contributed by atoms with Gasteiger partial charge in [-0.25, -0.2) is 4.79 Å². The fourth-order valence-corrected chi connectivity index (χ4v) is 1.51. The molecule has 0 radical (unpaired) electrons. The summed E-state index contributed by atoms with van der Waals surface area (Å²) in [6, 6.07) is 2.82. The average Bonchev–Trinajstić information content (AvgIpc) is 2.29. The number of carboxylic acids is 1. The van der Waals surface area contributed by atoms with Crippen molar-refractivity contribution in [3.05, 3.63) is 44.1 Å². The number of hydrogen-bond donors (Lipinski definition) is 1. The van der Waals surface area contributed by atoms with Crippen LogP contribution in [0.2, 0.25) is 10.0 Å². The van der Waals surface area contributed by atoms with Crippen LogP contribution in [0.1, 0.15) is 5.56 Å². The van der Waals surface area contributed by atoms with Crippen LogP contribution in [0.4, 0.5) is 0 Å². The van der Waals surface area contributed by atoms with Gasteiger partial charge in [-0.15, -0.1) is 0 Å². The maximum Gasteiger partial charge on any atom is 0.341 e. The highest BCUT2D eigenvalue weighted by molar-refractivity contribution is 6.43. The van der Waals surface area contributed by atoms with Crippen molar-refractivity contribution in [3.63, 3.8) is 0 Å². The number of aliphatic carboxylic acids is 1. The Bertz CT molecular complexity index is 515. The number of carbonyl (C=O) groups is 1. The Hall–Kier alpha value is -1.79. The molecule has 0 spiro atoms. The van der Waals surface area contributed by atoms with Gasteiger partial charge in [0.15, 0.2) is 6.61 Å². The van der Waals surface area contributed by atoms with Crippen molar-refractivity contribution in [2.24, 2.45) is 0 Å². The molecule has 1 aromatic carbocycles. The van der Waals surface area contributed by atoms with Crippen molar-refractivity contribution >= 4 is 35.2 Å². The molecule has 8 heteroatoms. The van der Waals surface area contributed by atoms with E-state index < -0.39 is 17.5 Å². The lowest BCUT2D eigenvalue weighted by molar-refractivity contribution is -0.400. The second kappa shape index (κ2) is 6.23. The molecule has 18 heavy (non-hydrogen) atoms. The summed E-state index contributed by atoms with van der Waals surface area (Å²) in [4.78, 5) is 19.9. The largest absolute Gasteiger partial charge is 0.480 e. The van der Waals surface area contributed by atoms with Gasteiger partial charge in [-0.1, -0.05) is 23.2 Å². The van der Waals surface area contributed by atoms with E-state index in [9.17, 15) is 14.9 Å². The molecule has 0 fully saturated rings. The number of nitro groups is 1. The van der Waals surface area contributed by atoms with Gasteiger partial charge in [-0.3, -0.25) is 10.1 Å². The molecule has 6 nitrogen and oxygen atoms in total. The molecule has 1 rings (SSSR count). The molecular weight excluding hydrogens is 285 g/mol. The topological polar surface area (TPSA) is 89.7 Å². The maximum absolute atomic E-state index is 10.3. The highest BCUT2D eigenvalue weighted by Gasteiger charge is 2.11. The van der Waals surface area contributed by atoms with Crippen LogP contribution in [0.15, 0.2) is 18.3 Å². The first-order chi connectivity index (χ1) is 8.41. The number of carboxylic acid groups (broad SMARTS) is 1. The van der Waals surface area contributed by atoms with Gasteiger partial charge in [-0.2, -0.15) is 0 Å². The first kappa shape index (κ1) is 14.3. The van der Waals surface area contributed by atoms with Gasteiger partial charge >= 0.3 is 5.97 Å². The molecule has 0 saturated carbocycles. The Balaban J connectivity index is 2.97. The van der Waals surface area contributed by atoms with E-state index in [4.69, 9.17) is 33.0 Å². The van der Waals surface area contributed by atoms with E-state index in [1.54, 1.807) is 0 Å². The molecule has 0 aliphatic heterocycles. The number of benzene rings is 1. The summed E-state index contributed by atoms with van der Waals surface area (Å²) in [7, 11) is 0. The lowest BCUT2D eigenvalue weighted by atomic mass is 10.2. The second-order valence-electron chi connectivity index (χ2n) is 3.06. The van der Waals surface area contributed by atoms with Gasteiger partial charge in [0.25, 0.3) is 0 Å². The maximum atomic E-state index is 10.3. The summed E-state index contributed by atoms with van der Waals surface area (Å²) in [5.74, 6) is -1.05. The third-order valence-electron chi connectivity index (χ3n) is 1.80. The van der Waals surface area contributed by atoms with E-state index in [1.807, 2.05) is 0 Å². The van der Waals surface area contributed by atoms with Gasteiger partial charge in [0.05, 0.1) is 9.95 Å². The van der Waals surface area contributed by atoms with Crippen LogP contribution in [-0.2, 0) is 4.79 Å². The third kappa shape index (κ3) is 3.90. The number of rotatable bonds is 5. The Labute approximate surface area is 112 Å². The van der Waals surface area contributed by atoms with Crippen LogP contribution < -0.4 is 4.74 Å². The molecule has 0 aliphatic carbocycles. The first-order valence-corrected chi connectivity index (χ1v) is 5.31. The van der Waals surface area contributed by atoms with Crippen molar-refractivity contribution in [1.29, 1.82) is 0 Å². The van der Waals surface area contributed by atoms with Gasteiger partial charge in [0.2, 0.25) is 6.20 Å². The second-order valence-corrected chi connectivity index (χ2v) is 3.82. The predicted molar refractivity (Wildman–Crippen MR) is 65.6 cm³/mol. The zero-order valence-electron chi connectivity index (χ0n) is 8.80. The summed E-state index contributed by atoms with van der Waals surface area (Å²) in [6.07, 6.45) is 1.89. The summed E-state index contributed by atoms with van der Waals surface area (Å²) in [6.45, 7) is -0.555. The van der Waals surface area contributed by atoms with Crippen LogP contribution >= 0.6 is 23.2 Å². The summed E-state index contributed by atoms with van der Waals surface area (Å²) < 4.78 is 4.89. The highest BCUT2D eigenvalue weighted by Crippen LogP contribution is 2.35. The molecule has 0 unspecified atom stereocenters. The lowest BCUT2D eigenvalue weighted by Crippen LogP contribution is -2.09. The van der Waals surface area contributed by atoms with E-state index >= 15 is 0 Å². The first-order valence-electron chi connectivity index (χ1n) is 4.56. The number of nitrogens with zero attached hydrogens (tertiary/aromatic N) is 1. The van der Waals surface area contributed by atoms with Crippen LogP contribution in [-0.4, -0.2) is 22.6 Å². The van der Waals surface area contributed by atoms with Gasteiger partial charge < -0.3 is 9.84 Å². The van der Waals surface area contributed by atoms with E-state index in [0.29, 0.717) is 5.56 Å². The van der Waals surface area contributed by atoms with E-state index in [1.165, 1.54) is 18.2 Å². The van der Waals surface area contributed by atoms with Crippen molar-refractivity contribution in [2.45, 2.75) is 0 Å². The van der Waals surface area contributed by atoms with E-state index in [-0.39, 0.29) is 15.8 Å². The van der Waals surface area contributed by atoms with Crippen molar-refractivity contribution in [3.8, 4) is 5.75 Å². The zero-order valence-corrected chi connectivity index (χ0v) is 10.3. The molecule has 0 amide bonds. The Morgan fingerprint density at radius 3 is 2.67 bits per heavy atom. The molecule has 1 aromatic rings. The molecule has 96 valence electrons. The van der Waals surface area contributed by atoms with Gasteiger partial charge in [0, 0.05) is 11.6 Å². The number of hydrogen-bond acceptors (Lipinski definition) is 4. The van der Waals surface area contributed by atoms with Crippen LogP contribution in [0, 0.1) is 10.1 Å². The molecule has 0 aliphatic rings. The summed E-state index contributed by atoms with van der Waals surface area (Å²) in [5.41, 5.74) is 0.334. The zero-order chi connectivity index (χ0) is 13.7. The molecule has 0 aromatic heterocycles. The van der Waals surface area contributed by atoms with Gasteiger partial charge in [-0.05, 0) is 12.1 Å². The van der Waals surface area contributed by atoms with E-state index in [0.717, 1.165) is 6.20 Å². The highest BCUT2D eigenvalue weighted by atomic mass is 35.5. The Morgan fingerprint density at radius 2 is 2.11 bits per heavy atom. The third-order valence-corrected chi connectivity index (χ3v) is 2.68. The van der Waals surface area contributed by atoms with Crippen molar-refractivity contribution < 1.29 is 19.6 Å². The smallest absolute Gasteiger partial charge is 0.341 e. The standard InChI is InChI=1S/C10H7Cl2NO5/c11-9-6(3-4-13(16)17)1-2-7(10(9)12)18-5-8(14)15/h1-4H,5H2,(H,14,15). The minimum atomic E-state index is -1.15. The molecule has 0 atom stereocenters.